The van der Waals surface area contributed by atoms with E-state index < -0.39 is 11.0 Å². The zero-order chi connectivity index (χ0) is 17.1. The Kier molecular flexibility index (Phi) is 3.64. The van der Waals surface area contributed by atoms with Crippen LogP contribution in [0.3, 0.4) is 0 Å². The highest BCUT2D eigenvalue weighted by molar-refractivity contribution is 5.76. The predicted molar refractivity (Wildman–Crippen MR) is 89.4 cm³/mol. The van der Waals surface area contributed by atoms with Crippen LogP contribution in [0.4, 0.5) is 0 Å². The molecule has 0 radical (unpaired) electrons. The Balaban J connectivity index is 1.88. The second-order valence-electron chi connectivity index (χ2n) is 9.77. The van der Waals surface area contributed by atoms with Gasteiger partial charge in [0.2, 0.25) is 0 Å². The minimum Gasteiger partial charge on any atom is -0.459 e. The molecule has 0 N–H and O–H groups in total. The third-order valence-electron chi connectivity index (χ3n) is 7.36. The van der Waals surface area contributed by atoms with Crippen molar-refractivity contribution in [1.82, 2.24) is 0 Å². The van der Waals surface area contributed by atoms with E-state index in [1.165, 1.54) is 6.42 Å². The fourth-order valence-electron chi connectivity index (χ4n) is 5.72. The molecule has 0 spiro atoms. The summed E-state index contributed by atoms with van der Waals surface area (Å²) >= 11 is 0. The first-order valence-corrected chi connectivity index (χ1v) is 9.22. The third-order valence-corrected chi connectivity index (χ3v) is 7.36. The highest BCUT2D eigenvalue weighted by Gasteiger charge is 2.64. The van der Waals surface area contributed by atoms with Gasteiger partial charge in [0.05, 0.1) is 16.9 Å². The maximum Gasteiger partial charge on any atom is 0.312 e. The van der Waals surface area contributed by atoms with E-state index >= 15 is 0 Å². The molecule has 0 aliphatic heterocycles. The van der Waals surface area contributed by atoms with E-state index in [1.54, 1.807) is 0 Å². The van der Waals surface area contributed by atoms with E-state index in [0.29, 0.717) is 11.8 Å². The molecule has 0 aromatic heterocycles. The van der Waals surface area contributed by atoms with Crippen molar-refractivity contribution in [2.75, 3.05) is 0 Å². The normalized spacial score (nSPS) is 39.1. The lowest BCUT2D eigenvalue weighted by Gasteiger charge is -2.64. The average Bonchev–Trinajstić information content (AvgIpc) is 2.45. The molecule has 2 unspecified atom stereocenters. The third kappa shape index (κ3) is 2.49. The van der Waals surface area contributed by atoms with Crippen LogP contribution < -0.4 is 0 Å². The number of rotatable bonds is 4. The molecular weight excluding hydrogens is 286 g/mol. The van der Waals surface area contributed by atoms with Crippen LogP contribution in [-0.4, -0.2) is 11.6 Å². The van der Waals surface area contributed by atoms with Gasteiger partial charge in [-0.15, -0.1) is 0 Å². The monoisotopic (exact) mass is 317 g/mol. The summed E-state index contributed by atoms with van der Waals surface area (Å²) in [4.78, 5) is 12.7. The van der Waals surface area contributed by atoms with Crippen LogP contribution in [0.2, 0.25) is 0 Å². The predicted octanol–water partition coefficient (Wildman–Crippen LogP) is 4.85. The Morgan fingerprint density at radius 2 is 1.74 bits per heavy atom. The van der Waals surface area contributed by atoms with Gasteiger partial charge < -0.3 is 4.74 Å². The first-order chi connectivity index (χ1) is 10.6. The largest absolute Gasteiger partial charge is 0.459 e. The van der Waals surface area contributed by atoms with Crippen molar-refractivity contribution >= 4 is 5.97 Å². The Hall–Kier alpha value is -1.04. The van der Waals surface area contributed by atoms with Gasteiger partial charge in [0.25, 0.3) is 0 Å². The van der Waals surface area contributed by atoms with Crippen molar-refractivity contribution in [1.29, 1.82) is 5.26 Å². The quantitative estimate of drug-likeness (QED) is 0.696. The zero-order valence-corrected chi connectivity index (χ0v) is 15.4. The zero-order valence-electron chi connectivity index (χ0n) is 15.4. The Morgan fingerprint density at radius 3 is 2.22 bits per heavy atom. The minimum atomic E-state index is -0.490. The second kappa shape index (κ2) is 4.98. The highest BCUT2D eigenvalue weighted by Crippen LogP contribution is 2.68. The molecule has 4 saturated carbocycles. The molecule has 3 nitrogen and oxygen atoms in total. The molecule has 0 amide bonds. The summed E-state index contributed by atoms with van der Waals surface area (Å²) in [5, 5.41) is 9.80. The van der Waals surface area contributed by atoms with Crippen molar-refractivity contribution in [2.45, 2.75) is 85.2 Å². The van der Waals surface area contributed by atoms with Gasteiger partial charge in [-0.2, -0.15) is 5.26 Å². The van der Waals surface area contributed by atoms with Crippen molar-refractivity contribution < 1.29 is 9.53 Å². The SMILES string of the molecule is CCC(C)(C)C(=O)OC(C)(C)C12CC3CC(CC(C#N)(C3)C1)C2. The first kappa shape index (κ1) is 16.8. The van der Waals surface area contributed by atoms with Gasteiger partial charge in [0.1, 0.15) is 5.60 Å². The van der Waals surface area contributed by atoms with Crippen molar-refractivity contribution in [3.8, 4) is 6.07 Å². The van der Waals surface area contributed by atoms with Crippen molar-refractivity contribution in [2.24, 2.45) is 28.1 Å². The molecular formula is C20H31NO2. The van der Waals surface area contributed by atoms with Crippen LogP contribution >= 0.6 is 0 Å². The van der Waals surface area contributed by atoms with Crippen molar-refractivity contribution in [3.63, 3.8) is 0 Å². The van der Waals surface area contributed by atoms with Crippen LogP contribution in [0.1, 0.15) is 79.6 Å². The first-order valence-electron chi connectivity index (χ1n) is 9.22. The lowest BCUT2D eigenvalue weighted by atomic mass is 9.41. The molecule has 23 heavy (non-hydrogen) atoms. The van der Waals surface area contributed by atoms with Crippen molar-refractivity contribution in [3.05, 3.63) is 0 Å². The van der Waals surface area contributed by atoms with Crippen LogP contribution in [0.15, 0.2) is 0 Å². The van der Waals surface area contributed by atoms with Crippen LogP contribution in [0, 0.1) is 39.4 Å². The molecule has 3 heteroatoms. The van der Waals surface area contributed by atoms with Gasteiger partial charge >= 0.3 is 5.97 Å². The van der Waals surface area contributed by atoms with Crippen LogP contribution in [-0.2, 0) is 9.53 Å². The van der Waals surface area contributed by atoms with E-state index in [2.05, 4.69) is 19.9 Å². The minimum absolute atomic E-state index is 0.00764. The Morgan fingerprint density at radius 1 is 1.17 bits per heavy atom. The lowest BCUT2D eigenvalue weighted by Crippen LogP contribution is -2.60. The molecule has 4 aliphatic carbocycles. The van der Waals surface area contributed by atoms with Gasteiger partial charge in [-0.05, 0) is 84.5 Å². The topological polar surface area (TPSA) is 50.1 Å². The fourth-order valence-corrected chi connectivity index (χ4v) is 5.72. The molecule has 128 valence electrons. The molecule has 0 aromatic rings. The number of carbonyl (C=O) groups is 1. The van der Waals surface area contributed by atoms with E-state index in [1.807, 2.05) is 20.8 Å². The highest BCUT2D eigenvalue weighted by atomic mass is 16.6. The molecule has 4 rings (SSSR count). The Labute approximate surface area is 140 Å². The second-order valence-corrected chi connectivity index (χ2v) is 9.77. The number of carbonyl (C=O) groups excluding carboxylic acids is 1. The fraction of sp³-hybridized carbons (Fsp3) is 0.900. The number of nitriles is 1. The molecule has 0 aromatic carbocycles. The molecule has 2 atom stereocenters. The molecule has 4 bridgehead atoms. The summed E-state index contributed by atoms with van der Waals surface area (Å²) in [6.45, 7) is 10.1. The number of nitrogens with zero attached hydrogens (tertiary/aromatic N) is 1. The van der Waals surface area contributed by atoms with Gasteiger partial charge in [0.15, 0.2) is 0 Å². The molecule has 4 aliphatic rings. The summed E-state index contributed by atoms with van der Waals surface area (Å²) in [5.41, 5.74) is -1.09. The number of hydrogen-bond acceptors (Lipinski definition) is 3. The molecule has 4 fully saturated rings. The number of esters is 1. The smallest absolute Gasteiger partial charge is 0.312 e. The van der Waals surface area contributed by atoms with Gasteiger partial charge in [-0.25, -0.2) is 0 Å². The average molecular weight is 317 g/mol. The molecule has 0 saturated heterocycles. The molecule has 0 heterocycles. The standard InChI is InChI=1S/C20H31NO2/c1-6-17(2,3)16(22)23-18(4,5)20-10-14-7-15(11-20)9-19(8-14,12-20)13-21/h14-15H,6-12H2,1-5H3. The summed E-state index contributed by atoms with van der Waals surface area (Å²) in [5.74, 6) is 1.20. The van der Waals surface area contributed by atoms with E-state index in [4.69, 9.17) is 4.74 Å². The summed E-state index contributed by atoms with van der Waals surface area (Å²) in [6, 6.07) is 2.66. The lowest BCUT2D eigenvalue weighted by molar-refractivity contribution is -0.213. The maximum atomic E-state index is 12.7. The Bertz CT molecular complexity index is 540. The number of ether oxygens (including phenoxy) is 1. The van der Waals surface area contributed by atoms with Crippen LogP contribution in [0.5, 0.6) is 0 Å². The summed E-state index contributed by atoms with van der Waals surface area (Å²) in [7, 11) is 0. The van der Waals surface area contributed by atoms with E-state index in [9.17, 15) is 10.1 Å². The van der Waals surface area contributed by atoms with E-state index in [0.717, 1.165) is 38.5 Å². The maximum absolute atomic E-state index is 12.7. The summed E-state index contributed by atoms with van der Waals surface area (Å²) < 4.78 is 6.12. The van der Waals surface area contributed by atoms with Gasteiger partial charge in [-0.1, -0.05) is 6.92 Å². The van der Waals surface area contributed by atoms with Gasteiger partial charge in [0, 0.05) is 5.41 Å². The van der Waals surface area contributed by atoms with Crippen LogP contribution in [0.25, 0.3) is 0 Å². The van der Waals surface area contributed by atoms with Gasteiger partial charge in [-0.3, -0.25) is 4.79 Å². The summed E-state index contributed by atoms with van der Waals surface area (Å²) in [6.07, 6.45) is 7.34. The number of hydrogen-bond donors (Lipinski definition) is 0. The van der Waals surface area contributed by atoms with E-state index in [-0.39, 0.29) is 16.8 Å².